The highest BCUT2D eigenvalue weighted by Gasteiger charge is 2.01. The van der Waals surface area contributed by atoms with Gasteiger partial charge in [-0.25, -0.2) is 4.79 Å². The standard InChI is InChI=1S/C6H7N3O3/c7-4-1-2-9(3-5(10)11)6(12)8-4/h1-2H,3H2,(H,10,11)(H2,7,8,12). The molecule has 0 bridgehead atoms. The highest BCUT2D eigenvalue weighted by Crippen LogP contribution is 1.88. The number of nitrogen functional groups attached to an aromatic ring is 1. The van der Waals surface area contributed by atoms with Gasteiger partial charge in [0, 0.05) is 6.20 Å². The maximum Gasteiger partial charge on any atom is 0.350 e. The number of carboxylic acids is 1. The molecule has 3 N–H and O–H groups in total. The average molecular weight is 169 g/mol. The van der Waals surface area contributed by atoms with Crippen molar-refractivity contribution in [2.75, 3.05) is 5.73 Å². The molecule has 6 heteroatoms. The zero-order valence-electron chi connectivity index (χ0n) is 6.10. The van der Waals surface area contributed by atoms with Crippen molar-refractivity contribution in [3.63, 3.8) is 0 Å². The van der Waals surface area contributed by atoms with Gasteiger partial charge in [-0.15, -0.1) is 0 Å². The number of aliphatic carboxylic acids is 1. The van der Waals surface area contributed by atoms with Gasteiger partial charge in [-0.05, 0) is 6.07 Å². The molecule has 0 amide bonds. The molecule has 0 aliphatic rings. The highest BCUT2D eigenvalue weighted by molar-refractivity contribution is 5.66. The predicted molar refractivity (Wildman–Crippen MR) is 40.5 cm³/mol. The van der Waals surface area contributed by atoms with Crippen molar-refractivity contribution in [3.8, 4) is 0 Å². The van der Waals surface area contributed by atoms with Crippen molar-refractivity contribution in [1.29, 1.82) is 0 Å². The first kappa shape index (κ1) is 8.25. The number of hydrogen-bond acceptors (Lipinski definition) is 4. The van der Waals surface area contributed by atoms with Crippen LogP contribution >= 0.6 is 0 Å². The minimum Gasteiger partial charge on any atom is -0.480 e. The quantitative estimate of drug-likeness (QED) is 0.586. The number of hydrogen-bond donors (Lipinski definition) is 2. The van der Waals surface area contributed by atoms with E-state index in [0.717, 1.165) is 4.57 Å². The van der Waals surface area contributed by atoms with E-state index in [1.165, 1.54) is 12.3 Å². The minimum atomic E-state index is -1.09. The van der Waals surface area contributed by atoms with Gasteiger partial charge in [0.05, 0.1) is 0 Å². The van der Waals surface area contributed by atoms with E-state index in [9.17, 15) is 9.59 Å². The molecule has 0 aromatic carbocycles. The first-order valence-electron chi connectivity index (χ1n) is 3.14. The molecule has 1 heterocycles. The lowest BCUT2D eigenvalue weighted by Crippen LogP contribution is -2.26. The smallest absolute Gasteiger partial charge is 0.350 e. The van der Waals surface area contributed by atoms with Gasteiger partial charge in [0.1, 0.15) is 12.4 Å². The van der Waals surface area contributed by atoms with E-state index in [2.05, 4.69) is 4.98 Å². The Labute approximate surface area is 67.3 Å². The molecular formula is C6H7N3O3. The molecule has 0 fully saturated rings. The molecule has 0 saturated heterocycles. The van der Waals surface area contributed by atoms with Crippen LogP contribution in [-0.2, 0) is 11.3 Å². The monoisotopic (exact) mass is 169 g/mol. The van der Waals surface area contributed by atoms with Crippen LogP contribution in [0.3, 0.4) is 0 Å². The molecule has 0 saturated carbocycles. The molecule has 0 atom stereocenters. The van der Waals surface area contributed by atoms with Crippen LogP contribution in [0.2, 0.25) is 0 Å². The van der Waals surface area contributed by atoms with Crippen LogP contribution in [0.25, 0.3) is 0 Å². The third-order valence-corrected chi connectivity index (χ3v) is 1.20. The molecule has 1 aromatic rings. The van der Waals surface area contributed by atoms with E-state index < -0.39 is 18.2 Å². The van der Waals surface area contributed by atoms with E-state index in [1.807, 2.05) is 0 Å². The Kier molecular flexibility index (Phi) is 2.09. The lowest BCUT2D eigenvalue weighted by Gasteiger charge is -1.99. The Hall–Kier alpha value is -1.85. The fourth-order valence-electron chi connectivity index (χ4n) is 0.708. The summed E-state index contributed by atoms with van der Waals surface area (Å²) in [6.45, 7) is -0.397. The fourth-order valence-corrected chi connectivity index (χ4v) is 0.708. The van der Waals surface area contributed by atoms with Crippen LogP contribution in [0.5, 0.6) is 0 Å². The molecule has 0 unspecified atom stereocenters. The molecule has 0 aliphatic heterocycles. The van der Waals surface area contributed by atoms with Crippen molar-refractivity contribution in [2.45, 2.75) is 6.54 Å². The lowest BCUT2D eigenvalue weighted by molar-refractivity contribution is -0.137. The van der Waals surface area contributed by atoms with Crippen LogP contribution in [0.4, 0.5) is 5.82 Å². The van der Waals surface area contributed by atoms with Crippen molar-refractivity contribution >= 4 is 11.8 Å². The number of aromatic nitrogens is 2. The zero-order valence-corrected chi connectivity index (χ0v) is 6.10. The van der Waals surface area contributed by atoms with Gasteiger partial charge >= 0.3 is 11.7 Å². The second-order valence-corrected chi connectivity index (χ2v) is 2.16. The van der Waals surface area contributed by atoms with Gasteiger partial charge < -0.3 is 10.8 Å². The summed E-state index contributed by atoms with van der Waals surface area (Å²) in [4.78, 5) is 24.4. The third-order valence-electron chi connectivity index (χ3n) is 1.20. The van der Waals surface area contributed by atoms with Crippen molar-refractivity contribution in [2.24, 2.45) is 0 Å². The SMILES string of the molecule is Nc1ccn(CC(=O)O)c(=O)n1. The van der Waals surface area contributed by atoms with E-state index in [4.69, 9.17) is 10.8 Å². The summed E-state index contributed by atoms with van der Waals surface area (Å²) in [5.41, 5.74) is 4.53. The number of nitrogens with two attached hydrogens (primary N) is 1. The van der Waals surface area contributed by atoms with Crippen molar-refractivity contribution in [1.82, 2.24) is 9.55 Å². The van der Waals surface area contributed by atoms with E-state index in [0.29, 0.717) is 0 Å². The van der Waals surface area contributed by atoms with Crippen molar-refractivity contribution < 1.29 is 9.90 Å². The van der Waals surface area contributed by atoms with Crippen LogP contribution < -0.4 is 11.4 Å². The summed E-state index contributed by atoms with van der Waals surface area (Å²) in [6, 6.07) is 1.37. The van der Waals surface area contributed by atoms with Crippen LogP contribution in [0.15, 0.2) is 17.1 Å². The second-order valence-electron chi connectivity index (χ2n) is 2.16. The normalized spacial score (nSPS) is 9.67. The number of carbonyl (C=O) groups is 1. The van der Waals surface area contributed by atoms with Gasteiger partial charge in [0.15, 0.2) is 0 Å². The molecule has 1 aromatic heterocycles. The summed E-state index contributed by atoms with van der Waals surface area (Å²) in [7, 11) is 0. The Balaban J connectivity index is 3.02. The predicted octanol–water partition coefficient (Wildman–Crippen LogP) is -1.09. The molecule has 64 valence electrons. The zero-order chi connectivity index (χ0) is 9.14. The van der Waals surface area contributed by atoms with Crippen LogP contribution in [-0.4, -0.2) is 20.6 Å². The highest BCUT2D eigenvalue weighted by atomic mass is 16.4. The second kappa shape index (κ2) is 3.04. The Morgan fingerprint density at radius 1 is 1.75 bits per heavy atom. The van der Waals surface area contributed by atoms with Gasteiger partial charge in [-0.2, -0.15) is 4.98 Å². The first-order chi connectivity index (χ1) is 5.59. The number of rotatable bonds is 2. The van der Waals surface area contributed by atoms with E-state index in [-0.39, 0.29) is 5.82 Å². The van der Waals surface area contributed by atoms with E-state index in [1.54, 1.807) is 0 Å². The maximum atomic E-state index is 10.9. The van der Waals surface area contributed by atoms with Crippen LogP contribution in [0, 0.1) is 0 Å². The molecule has 6 nitrogen and oxygen atoms in total. The third kappa shape index (κ3) is 1.82. The summed E-state index contributed by atoms with van der Waals surface area (Å²) in [6.07, 6.45) is 1.29. The topological polar surface area (TPSA) is 98.2 Å². The Bertz CT molecular complexity index is 357. The van der Waals surface area contributed by atoms with Gasteiger partial charge in [0.25, 0.3) is 0 Å². The molecular weight excluding hydrogens is 162 g/mol. The van der Waals surface area contributed by atoms with Gasteiger partial charge in [-0.1, -0.05) is 0 Å². The van der Waals surface area contributed by atoms with Gasteiger partial charge in [-0.3, -0.25) is 9.36 Å². The average Bonchev–Trinajstić information content (AvgIpc) is 1.94. The Morgan fingerprint density at radius 2 is 2.42 bits per heavy atom. The summed E-state index contributed by atoms with van der Waals surface area (Å²) < 4.78 is 0.957. The molecule has 1 rings (SSSR count). The largest absolute Gasteiger partial charge is 0.480 e. The summed E-state index contributed by atoms with van der Waals surface area (Å²) >= 11 is 0. The molecule has 0 spiro atoms. The molecule has 0 radical (unpaired) electrons. The summed E-state index contributed by atoms with van der Waals surface area (Å²) in [5, 5.41) is 8.34. The van der Waals surface area contributed by atoms with Gasteiger partial charge in [0.2, 0.25) is 0 Å². The lowest BCUT2D eigenvalue weighted by atomic mass is 10.5. The Morgan fingerprint density at radius 3 is 2.92 bits per heavy atom. The van der Waals surface area contributed by atoms with E-state index >= 15 is 0 Å². The number of anilines is 1. The van der Waals surface area contributed by atoms with Crippen molar-refractivity contribution in [3.05, 3.63) is 22.7 Å². The fraction of sp³-hybridized carbons (Fsp3) is 0.167. The minimum absolute atomic E-state index is 0.0849. The maximum absolute atomic E-state index is 10.9. The summed E-state index contributed by atoms with van der Waals surface area (Å²) in [5.74, 6) is -1.01. The molecule has 12 heavy (non-hydrogen) atoms. The number of nitrogens with zero attached hydrogens (tertiary/aromatic N) is 2. The molecule has 0 aliphatic carbocycles. The van der Waals surface area contributed by atoms with Crippen LogP contribution in [0.1, 0.15) is 0 Å². The first-order valence-corrected chi connectivity index (χ1v) is 3.14. The number of carboxylic acid groups (broad SMARTS) is 1.